The first kappa shape index (κ1) is 66.3. The molecule has 0 saturated carbocycles. The van der Waals surface area contributed by atoms with Gasteiger partial charge in [0.05, 0.1) is 62.0 Å². The number of hydrogen-bond acceptors (Lipinski definition) is 16. The number of alkyl halides is 6. The lowest BCUT2D eigenvalue weighted by Gasteiger charge is -2.44. The van der Waals surface area contributed by atoms with Crippen molar-refractivity contribution in [2.24, 2.45) is 0 Å². The molecular formula is C61H70Cl6N4O16Si2. The van der Waals surface area contributed by atoms with Crippen LogP contribution < -0.4 is 47.7 Å². The summed E-state index contributed by atoms with van der Waals surface area (Å²) in [7, 11) is -2.80. The number of anilines is 2. The average Bonchev–Trinajstić information content (AvgIpc) is 1.63. The van der Waals surface area contributed by atoms with Gasteiger partial charge in [0, 0.05) is 31.0 Å². The highest BCUT2D eigenvalue weighted by Gasteiger charge is 2.54. The zero-order valence-electron chi connectivity index (χ0n) is 51.2. The van der Waals surface area contributed by atoms with Crippen molar-refractivity contribution in [1.82, 2.24) is 9.80 Å². The molecule has 6 heterocycles. The van der Waals surface area contributed by atoms with E-state index >= 15 is 9.59 Å². The largest absolute Gasteiger partial charge is 0.493 e. The fourth-order valence-corrected chi connectivity index (χ4v) is 13.3. The Kier molecular flexibility index (Phi) is 18.7. The quantitative estimate of drug-likeness (QED) is 0.0584. The molecule has 0 spiro atoms. The van der Waals surface area contributed by atoms with Gasteiger partial charge in [-0.05, 0) is 108 Å². The minimum absolute atomic E-state index is 0.0145. The molecule has 4 amide bonds. The monoisotopic (exact) mass is 1380 g/mol. The third-order valence-corrected chi connectivity index (χ3v) is 26.7. The Hall–Kier alpha value is -5.67. The zero-order chi connectivity index (χ0) is 64.5. The van der Waals surface area contributed by atoms with Gasteiger partial charge in [0.1, 0.15) is 13.2 Å². The Morgan fingerprint density at radius 3 is 1.26 bits per heavy atom. The maximum atomic E-state index is 15.2. The van der Waals surface area contributed by atoms with E-state index in [2.05, 4.69) is 41.5 Å². The van der Waals surface area contributed by atoms with Gasteiger partial charge in [0.2, 0.25) is 21.2 Å². The van der Waals surface area contributed by atoms with Crippen LogP contribution in [0.4, 0.5) is 21.0 Å². The second kappa shape index (κ2) is 25.1. The predicted molar refractivity (Wildman–Crippen MR) is 344 cm³/mol. The first-order valence-electron chi connectivity index (χ1n) is 28.6. The number of methoxy groups -OCH3 is 2. The Balaban J connectivity index is 0.976. The molecule has 10 rings (SSSR count). The molecule has 89 heavy (non-hydrogen) atoms. The first-order chi connectivity index (χ1) is 41.7. The van der Waals surface area contributed by atoms with Crippen LogP contribution in [0, 0.1) is 0 Å². The topological polar surface area (TPSA) is 192 Å². The van der Waals surface area contributed by atoms with Crippen LogP contribution in [0.2, 0.25) is 36.3 Å². The standard InChI is InChI=1S/C61H70Cl6N4O16Si2/c1-58(2,3)88(9,10)86-54-42-20-36(34-14-16-44-48(22-34)84-32-82-44)28-68(42)52(72)38-24-46(76-7)50(26-40(38)70(54)56(74)80-30-60(62,63)64)78-18-13-19-79-51-27-41-39(25-47(51)77-8)53(73)69-29-37(35-15-17-45-49(23-35)85-33-83-45)21-43(69)55(87-89(11,12)59(4,5)6)71(41)57(75)81-31-61(65,66)67/h14-17,22-29,42-43,54-55H,13,18-21,30-33H2,1-12H3/t42-,43-,54-,55-/m0/s1. The molecule has 4 aromatic carbocycles. The third kappa shape index (κ3) is 13.8. The van der Waals surface area contributed by atoms with E-state index in [9.17, 15) is 9.59 Å². The lowest BCUT2D eigenvalue weighted by molar-refractivity contribution is 0.0584. The fourth-order valence-electron chi connectivity index (χ4n) is 10.5. The molecule has 0 unspecified atom stereocenters. The van der Waals surface area contributed by atoms with Crippen LogP contribution in [0.15, 0.2) is 73.1 Å². The Labute approximate surface area is 549 Å². The fraction of sp³-hybridized carbons (Fsp3) is 0.475. The van der Waals surface area contributed by atoms with Gasteiger partial charge in [0.25, 0.3) is 11.8 Å². The molecule has 0 bridgehead atoms. The summed E-state index contributed by atoms with van der Waals surface area (Å²) >= 11 is 37.1. The van der Waals surface area contributed by atoms with E-state index in [4.69, 9.17) is 126 Å². The van der Waals surface area contributed by atoms with Crippen molar-refractivity contribution in [1.29, 1.82) is 0 Å². The molecule has 480 valence electrons. The van der Waals surface area contributed by atoms with Gasteiger partial charge < -0.3 is 66.0 Å². The Bertz CT molecular complexity index is 3290. The number of nitrogens with zero attached hydrogens (tertiary/aromatic N) is 4. The van der Waals surface area contributed by atoms with Crippen molar-refractivity contribution < 1.29 is 75.4 Å². The van der Waals surface area contributed by atoms with E-state index in [1.54, 1.807) is 22.2 Å². The van der Waals surface area contributed by atoms with Gasteiger partial charge in [0.15, 0.2) is 75.1 Å². The normalized spacial score (nSPS) is 19.8. The molecule has 4 atom stereocenters. The van der Waals surface area contributed by atoms with E-state index in [0.717, 1.165) is 22.3 Å². The summed E-state index contributed by atoms with van der Waals surface area (Å²) in [4.78, 5) is 65.9. The van der Waals surface area contributed by atoms with Gasteiger partial charge in [-0.25, -0.2) is 19.4 Å². The SMILES string of the molecule is COc1cc2c(cc1OCCCOc1cc3c(cc1OC)C(=O)N1C=C(c4ccc5c(c4)OCO5)C[C@H]1[C@H](O[Si](C)(C)C(C)(C)C)N3C(=O)OCC(Cl)(Cl)Cl)N(C(=O)OCC(Cl)(Cl)Cl)[C@@H](O[Si](C)(C)C(C)(C)C)[C@@H]1CC(c3ccc4c(c3)OCO4)=CN1C2=O. The number of fused-ring (bicyclic) bond motifs is 6. The summed E-state index contributed by atoms with van der Waals surface area (Å²) in [6, 6.07) is 15.6. The van der Waals surface area contributed by atoms with Crippen LogP contribution in [0.1, 0.15) is 92.6 Å². The van der Waals surface area contributed by atoms with Crippen LogP contribution in [-0.2, 0) is 18.3 Å². The van der Waals surface area contributed by atoms with Crippen molar-refractivity contribution >= 4 is 133 Å². The summed E-state index contributed by atoms with van der Waals surface area (Å²) in [6.45, 7) is 19.4. The molecule has 6 aliphatic heterocycles. The second-order valence-electron chi connectivity index (χ2n) is 25.1. The number of carbonyl (C=O) groups excluding carboxylic acids is 4. The molecule has 0 saturated heterocycles. The predicted octanol–water partition coefficient (Wildman–Crippen LogP) is 14.9. The van der Waals surface area contributed by atoms with Crippen molar-refractivity contribution in [2.75, 3.05) is 64.0 Å². The van der Waals surface area contributed by atoms with E-state index < -0.39 is 86.0 Å². The van der Waals surface area contributed by atoms with Crippen LogP contribution in [-0.4, -0.2) is 137 Å². The number of amides is 4. The van der Waals surface area contributed by atoms with E-state index in [1.165, 1.54) is 48.3 Å². The number of rotatable bonds is 16. The van der Waals surface area contributed by atoms with E-state index in [0.29, 0.717) is 23.0 Å². The molecule has 6 aliphatic rings. The Morgan fingerprint density at radius 2 is 0.910 bits per heavy atom. The van der Waals surface area contributed by atoms with Crippen molar-refractivity contribution in [2.45, 2.75) is 129 Å². The molecule has 0 aliphatic carbocycles. The van der Waals surface area contributed by atoms with Gasteiger partial charge in [-0.15, -0.1) is 0 Å². The minimum atomic E-state index is -2.83. The first-order valence-corrected chi connectivity index (χ1v) is 36.7. The number of benzene rings is 4. The highest BCUT2D eigenvalue weighted by molar-refractivity contribution is 6.74. The number of halogens is 6. The van der Waals surface area contributed by atoms with Crippen molar-refractivity contribution in [3.8, 4) is 46.0 Å². The van der Waals surface area contributed by atoms with Gasteiger partial charge >= 0.3 is 12.2 Å². The average molecular weight is 1380 g/mol. The lowest BCUT2D eigenvalue weighted by Crippen LogP contribution is -2.58. The zero-order valence-corrected chi connectivity index (χ0v) is 57.7. The van der Waals surface area contributed by atoms with Crippen LogP contribution >= 0.6 is 69.6 Å². The summed E-state index contributed by atoms with van der Waals surface area (Å²) in [6.07, 6.45) is 0.0293. The molecule has 28 heteroatoms. The summed E-state index contributed by atoms with van der Waals surface area (Å²) in [5, 5.41) is -0.746. The van der Waals surface area contributed by atoms with Crippen molar-refractivity contribution in [3.05, 3.63) is 95.3 Å². The maximum Gasteiger partial charge on any atom is 0.416 e. The summed E-state index contributed by atoms with van der Waals surface area (Å²) in [5.74, 6) is 2.01. The van der Waals surface area contributed by atoms with Gasteiger partial charge in [-0.3, -0.25) is 9.59 Å². The number of hydrogen-bond donors (Lipinski definition) is 0. The summed E-state index contributed by atoms with van der Waals surface area (Å²) in [5.41, 5.74) is 3.41. The smallest absolute Gasteiger partial charge is 0.416 e. The van der Waals surface area contributed by atoms with Crippen LogP contribution in [0.5, 0.6) is 46.0 Å². The molecule has 0 N–H and O–H groups in total. The highest BCUT2D eigenvalue weighted by Crippen LogP contribution is 2.51. The van der Waals surface area contributed by atoms with E-state index in [1.807, 2.05) is 62.6 Å². The van der Waals surface area contributed by atoms with E-state index in [-0.39, 0.29) is 102 Å². The number of carbonyl (C=O) groups is 4. The van der Waals surface area contributed by atoms with Crippen molar-refractivity contribution in [3.63, 3.8) is 0 Å². The lowest BCUT2D eigenvalue weighted by atomic mass is 10.0. The summed E-state index contributed by atoms with van der Waals surface area (Å²) < 4.78 is 69.3. The maximum absolute atomic E-state index is 15.2. The second-order valence-corrected chi connectivity index (χ2v) is 39.7. The van der Waals surface area contributed by atoms with Crippen LogP contribution in [0.3, 0.4) is 0 Å². The number of ether oxygens (including phenoxy) is 10. The third-order valence-electron chi connectivity index (χ3n) is 17.2. The molecule has 20 nitrogen and oxygen atoms in total. The van der Waals surface area contributed by atoms with Gasteiger partial charge in [-0.2, -0.15) is 0 Å². The molecule has 4 aromatic rings. The molecule has 0 radical (unpaired) electrons. The minimum Gasteiger partial charge on any atom is -0.493 e. The molecule has 0 fully saturated rings. The van der Waals surface area contributed by atoms with Crippen LogP contribution in [0.25, 0.3) is 11.1 Å². The van der Waals surface area contributed by atoms with Gasteiger partial charge in [-0.1, -0.05) is 123 Å². The highest BCUT2D eigenvalue weighted by atomic mass is 35.6. The molecule has 0 aromatic heterocycles. The Morgan fingerprint density at radius 1 is 0.539 bits per heavy atom. The molecular weight excluding hydrogens is 1310 g/mol.